The van der Waals surface area contributed by atoms with Gasteiger partial charge in [0.25, 0.3) is 0 Å². The number of phenolic OH excluding ortho intramolecular Hbond substituents is 2. The van der Waals surface area contributed by atoms with E-state index in [4.69, 9.17) is 49.2 Å². The summed E-state index contributed by atoms with van der Waals surface area (Å²) in [6.45, 7) is 2.72. The van der Waals surface area contributed by atoms with Gasteiger partial charge in [-0.25, -0.2) is 0 Å². The first-order valence-electron chi connectivity index (χ1n) is 14.5. The summed E-state index contributed by atoms with van der Waals surface area (Å²) >= 11 is 10.0. The van der Waals surface area contributed by atoms with E-state index in [2.05, 4.69) is 47.8 Å². The molecule has 0 spiro atoms. The number of ether oxygens (including phenoxy) is 5. The molecule has 0 atom stereocenters. The standard InChI is InChI=1S/C11H15BrO3.C10H13BrO3.C7H7BrO2.C7H8O2/c1-13-5-6-15-10-3-4-11(12)9(7-10)8-14-2;1-13-4-5-14-9-2-3-10(11)8(6-9)7-12;8-7-2-1-6(10)3-5(7)4-9;8-5-6-2-1-3-7(9)4-6/h3-4,7H,5-6,8H2,1-2H3;2-3,6,12H,4-5,7H2,1H3;1-3,9-10H,4H2;1-4,8-9H,5H2. The summed E-state index contributed by atoms with van der Waals surface area (Å²) in [5.41, 5.74) is 3.32. The maximum absolute atomic E-state index is 9.00. The molecule has 0 saturated heterocycles. The largest absolute Gasteiger partial charge is 0.508 e. The van der Waals surface area contributed by atoms with Crippen LogP contribution in [0.2, 0.25) is 0 Å². The van der Waals surface area contributed by atoms with Crippen LogP contribution in [0.5, 0.6) is 23.0 Å². The normalized spacial score (nSPS) is 10.0. The number of benzene rings is 4. The lowest BCUT2D eigenvalue weighted by Gasteiger charge is -2.08. The highest BCUT2D eigenvalue weighted by Crippen LogP contribution is 2.24. The summed E-state index contributed by atoms with van der Waals surface area (Å²) in [5.74, 6) is 1.95. The molecule has 264 valence electrons. The average Bonchev–Trinajstić information content (AvgIpc) is 3.09. The van der Waals surface area contributed by atoms with Gasteiger partial charge in [-0.15, -0.1) is 0 Å². The molecule has 10 nitrogen and oxygen atoms in total. The summed E-state index contributed by atoms with van der Waals surface area (Å²) in [7, 11) is 4.95. The van der Waals surface area contributed by atoms with Crippen LogP contribution in [0.3, 0.4) is 0 Å². The molecule has 4 aromatic carbocycles. The predicted molar refractivity (Wildman–Crippen MR) is 195 cm³/mol. The molecule has 0 amide bonds. The third-order valence-corrected chi connectivity index (χ3v) is 8.23. The van der Waals surface area contributed by atoms with Gasteiger partial charge in [-0.1, -0.05) is 59.9 Å². The van der Waals surface area contributed by atoms with E-state index in [1.165, 1.54) is 12.1 Å². The first-order chi connectivity index (χ1) is 23.1. The minimum atomic E-state index is -0.0605. The van der Waals surface area contributed by atoms with Crippen molar-refractivity contribution in [3.63, 3.8) is 0 Å². The molecular weight excluding hydrogens is 820 g/mol. The highest BCUT2D eigenvalue weighted by Gasteiger charge is 2.03. The second-order valence-corrected chi connectivity index (χ2v) is 12.1. The Morgan fingerprint density at radius 2 is 0.979 bits per heavy atom. The number of hydrogen-bond acceptors (Lipinski definition) is 10. The molecule has 0 bridgehead atoms. The number of rotatable bonds is 13. The third kappa shape index (κ3) is 18.2. The molecule has 0 heterocycles. The highest BCUT2D eigenvalue weighted by molar-refractivity contribution is 9.11. The number of aliphatic hydroxyl groups is 3. The molecule has 0 aliphatic rings. The van der Waals surface area contributed by atoms with Gasteiger partial charge in [-0.3, -0.25) is 0 Å². The van der Waals surface area contributed by atoms with E-state index in [0.717, 1.165) is 41.6 Å². The van der Waals surface area contributed by atoms with E-state index in [9.17, 15) is 0 Å². The molecule has 4 rings (SSSR count). The Kier molecular flexibility index (Phi) is 23.6. The lowest BCUT2D eigenvalue weighted by molar-refractivity contribution is 0.146. The average molecular weight is 863 g/mol. The van der Waals surface area contributed by atoms with Gasteiger partial charge in [0.15, 0.2) is 0 Å². The zero-order valence-electron chi connectivity index (χ0n) is 27.1. The molecule has 0 fully saturated rings. The van der Waals surface area contributed by atoms with Crippen LogP contribution in [0.15, 0.2) is 92.3 Å². The van der Waals surface area contributed by atoms with E-state index < -0.39 is 0 Å². The molecule has 13 heteroatoms. The SMILES string of the molecule is COCCOc1ccc(Br)c(CO)c1.COCCOc1ccc(Br)c(COC)c1.OCc1cc(O)ccc1Br.OCc1cccc(O)c1. The zero-order valence-corrected chi connectivity index (χ0v) is 31.8. The molecule has 0 saturated carbocycles. The van der Waals surface area contributed by atoms with Crippen molar-refractivity contribution in [1.29, 1.82) is 0 Å². The monoisotopic (exact) mass is 860 g/mol. The smallest absolute Gasteiger partial charge is 0.119 e. The Labute approximate surface area is 307 Å². The maximum atomic E-state index is 9.00. The van der Waals surface area contributed by atoms with Crippen LogP contribution in [-0.4, -0.2) is 73.3 Å². The molecule has 0 aromatic heterocycles. The van der Waals surface area contributed by atoms with Gasteiger partial charge >= 0.3 is 0 Å². The molecule has 5 N–H and O–H groups in total. The van der Waals surface area contributed by atoms with Crippen LogP contribution in [-0.2, 0) is 40.6 Å². The Hall–Kier alpha value is -2.72. The zero-order chi connectivity index (χ0) is 35.7. The summed E-state index contributed by atoms with van der Waals surface area (Å²) in [6, 6.07) is 22.7. The van der Waals surface area contributed by atoms with Gasteiger partial charge in [0.1, 0.15) is 36.2 Å². The molecule has 0 radical (unpaired) electrons. The summed E-state index contributed by atoms with van der Waals surface area (Å²) in [6.07, 6.45) is 0. The second-order valence-electron chi connectivity index (χ2n) is 9.54. The summed E-state index contributed by atoms with van der Waals surface area (Å²) in [5, 5.41) is 44.0. The van der Waals surface area contributed by atoms with Gasteiger partial charge < -0.3 is 49.2 Å². The fraction of sp³-hybridized carbons (Fsp3) is 0.314. The lowest BCUT2D eigenvalue weighted by atomic mass is 10.2. The number of methoxy groups -OCH3 is 3. The topological polar surface area (TPSA) is 147 Å². The minimum absolute atomic E-state index is 0.00204. The van der Waals surface area contributed by atoms with Gasteiger partial charge in [0.05, 0.1) is 39.6 Å². The van der Waals surface area contributed by atoms with Gasteiger partial charge in [-0.05, 0) is 89.0 Å². The van der Waals surface area contributed by atoms with Crippen LogP contribution >= 0.6 is 47.8 Å². The molecule has 0 unspecified atom stereocenters. The van der Waals surface area contributed by atoms with E-state index in [0.29, 0.717) is 38.6 Å². The van der Waals surface area contributed by atoms with Crippen LogP contribution in [0, 0.1) is 0 Å². The number of aliphatic hydroxyl groups excluding tert-OH is 3. The molecular formula is C35H43Br3O10. The van der Waals surface area contributed by atoms with Crippen molar-refractivity contribution in [2.45, 2.75) is 26.4 Å². The number of hydrogen-bond donors (Lipinski definition) is 5. The minimum Gasteiger partial charge on any atom is -0.508 e. The first kappa shape index (κ1) is 43.3. The van der Waals surface area contributed by atoms with Crippen LogP contribution in [0.1, 0.15) is 22.3 Å². The Bertz CT molecular complexity index is 1460. The number of halogens is 3. The van der Waals surface area contributed by atoms with E-state index in [1.54, 1.807) is 57.7 Å². The highest BCUT2D eigenvalue weighted by atomic mass is 79.9. The molecule has 48 heavy (non-hydrogen) atoms. The van der Waals surface area contributed by atoms with Crippen LogP contribution in [0.4, 0.5) is 0 Å². The Balaban J connectivity index is 0.000000326. The van der Waals surface area contributed by atoms with Gasteiger partial charge in [0, 0.05) is 34.7 Å². The Morgan fingerprint density at radius 3 is 1.42 bits per heavy atom. The maximum Gasteiger partial charge on any atom is 0.119 e. The molecule has 0 aliphatic heterocycles. The van der Waals surface area contributed by atoms with Crippen molar-refractivity contribution in [1.82, 2.24) is 0 Å². The molecule has 4 aromatic rings. The predicted octanol–water partition coefficient (Wildman–Crippen LogP) is 7.12. The fourth-order valence-electron chi connectivity index (χ4n) is 3.49. The molecule has 0 aliphatic carbocycles. The van der Waals surface area contributed by atoms with Crippen molar-refractivity contribution in [2.75, 3.05) is 47.8 Å². The van der Waals surface area contributed by atoms with Gasteiger partial charge in [0.2, 0.25) is 0 Å². The quantitative estimate of drug-likeness (QED) is 0.0882. The van der Waals surface area contributed by atoms with Gasteiger partial charge in [-0.2, -0.15) is 0 Å². The van der Waals surface area contributed by atoms with E-state index in [1.807, 2.05) is 30.3 Å². The van der Waals surface area contributed by atoms with E-state index in [-0.39, 0.29) is 31.3 Å². The lowest BCUT2D eigenvalue weighted by Crippen LogP contribution is -2.04. The van der Waals surface area contributed by atoms with Crippen LogP contribution < -0.4 is 9.47 Å². The van der Waals surface area contributed by atoms with Crippen molar-refractivity contribution in [3.05, 3.63) is 115 Å². The van der Waals surface area contributed by atoms with Crippen molar-refractivity contribution in [3.8, 4) is 23.0 Å². The number of aromatic hydroxyl groups is 2. The van der Waals surface area contributed by atoms with Crippen LogP contribution in [0.25, 0.3) is 0 Å². The summed E-state index contributed by atoms with van der Waals surface area (Å²) < 4.78 is 28.5. The first-order valence-corrected chi connectivity index (χ1v) is 16.9. The van der Waals surface area contributed by atoms with Crippen molar-refractivity contribution < 1.29 is 49.2 Å². The summed E-state index contributed by atoms with van der Waals surface area (Å²) in [4.78, 5) is 0. The third-order valence-electron chi connectivity index (χ3n) is 5.91. The van der Waals surface area contributed by atoms with Crippen molar-refractivity contribution in [2.24, 2.45) is 0 Å². The van der Waals surface area contributed by atoms with Crippen molar-refractivity contribution >= 4 is 47.8 Å². The van der Waals surface area contributed by atoms with E-state index >= 15 is 0 Å². The number of phenols is 2. The second kappa shape index (κ2) is 26.2. The Morgan fingerprint density at radius 1 is 0.500 bits per heavy atom. The fourth-order valence-corrected chi connectivity index (χ4v) is 4.60.